The molecule has 0 aliphatic heterocycles. The molecule has 2 aromatic carbocycles. The minimum absolute atomic E-state index is 0.167. The van der Waals surface area contributed by atoms with Gasteiger partial charge in [-0.15, -0.1) is 0 Å². The number of nitrogen functional groups attached to an aromatic ring is 1. The molecule has 25 heavy (non-hydrogen) atoms. The van der Waals surface area contributed by atoms with Crippen LogP contribution in [-0.2, 0) is 0 Å². The normalized spacial score (nSPS) is 10.9. The Morgan fingerprint density at radius 3 is 2.36 bits per heavy atom. The van der Waals surface area contributed by atoms with Crippen molar-refractivity contribution in [1.29, 1.82) is 0 Å². The largest absolute Gasteiger partial charge is 0.382 e. The minimum Gasteiger partial charge on any atom is -0.382 e. The summed E-state index contributed by atoms with van der Waals surface area (Å²) in [4.78, 5) is 17.1. The topological polar surface area (TPSA) is 68.0 Å². The molecule has 0 radical (unpaired) electrons. The number of hydrogen-bond donors (Lipinski definition) is 2. The molecule has 6 heteroatoms. The van der Waals surface area contributed by atoms with Crippen LogP contribution in [0.4, 0.5) is 21.0 Å². The van der Waals surface area contributed by atoms with Crippen molar-refractivity contribution < 1.29 is 9.18 Å². The molecule has 1 heterocycles. The van der Waals surface area contributed by atoms with Gasteiger partial charge in [-0.2, -0.15) is 0 Å². The van der Waals surface area contributed by atoms with Gasteiger partial charge in [-0.1, -0.05) is 37.3 Å². The van der Waals surface area contributed by atoms with Crippen LogP contribution in [0.1, 0.15) is 40.6 Å². The lowest BCUT2D eigenvalue weighted by Crippen LogP contribution is -2.02. The Bertz CT molecular complexity index is 886. The molecule has 0 unspecified atom stereocenters. The molecule has 0 atom stereocenters. The first kappa shape index (κ1) is 17.1. The number of thiazole rings is 1. The predicted molar refractivity (Wildman–Crippen MR) is 100 cm³/mol. The van der Waals surface area contributed by atoms with E-state index >= 15 is 0 Å². The summed E-state index contributed by atoms with van der Waals surface area (Å²) < 4.78 is 13.0. The number of nitrogens with zero attached hydrogens (tertiary/aromatic N) is 1. The van der Waals surface area contributed by atoms with Gasteiger partial charge in [0, 0.05) is 11.3 Å². The summed E-state index contributed by atoms with van der Waals surface area (Å²) in [5.74, 6) is -0.0238. The smallest absolute Gasteiger partial charge is 0.206 e. The molecule has 1 aromatic heterocycles. The Balaban J connectivity index is 1.80. The Morgan fingerprint density at radius 2 is 1.76 bits per heavy atom. The molecule has 0 amide bonds. The second kappa shape index (κ2) is 7.03. The number of nitrogens with one attached hydrogen (secondary N) is 1. The third-order valence-corrected chi connectivity index (χ3v) is 4.78. The third-order valence-electron chi connectivity index (χ3n) is 3.79. The summed E-state index contributed by atoms with van der Waals surface area (Å²) in [6.07, 6.45) is 0. The maximum absolute atomic E-state index is 13.0. The summed E-state index contributed by atoms with van der Waals surface area (Å²) >= 11 is 1.18. The van der Waals surface area contributed by atoms with E-state index in [0.717, 1.165) is 5.69 Å². The van der Waals surface area contributed by atoms with E-state index in [1.54, 1.807) is 0 Å². The lowest BCUT2D eigenvalue weighted by atomic mass is 10.0. The van der Waals surface area contributed by atoms with Crippen molar-refractivity contribution in [3.05, 3.63) is 70.4 Å². The predicted octanol–water partition coefficient (Wildman–Crippen LogP) is 4.96. The molecular weight excluding hydrogens is 337 g/mol. The maximum Gasteiger partial charge on any atom is 0.206 e. The molecule has 0 fully saturated rings. The van der Waals surface area contributed by atoms with Gasteiger partial charge in [-0.05, 0) is 47.9 Å². The third kappa shape index (κ3) is 3.85. The van der Waals surface area contributed by atoms with E-state index in [1.807, 2.05) is 12.1 Å². The Kier molecular flexibility index (Phi) is 4.81. The van der Waals surface area contributed by atoms with E-state index in [0.29, 0.717) is 21.5 Å². The fourth-order valence-electron chi connectivity index (χ4n) is 2.36. The van der Waals surface area contributed by atoms with E-state index in [1.165, 1.54) is 41.2 Å². The summed E-state index contributed by atoms with van der Waals surface area (Å²) in [5, 5.41) is 3.70. The average molecular weight is 355 g/mol. The summed E-state index contributed by atoms with van der Waals surface area (Å²) in [6, 6.07) is 13.4. The highest BCUT2D eigenvalue weighted by atomic mass is 32.1. The zero-order valence-electron chi connectivity index (χ0n) is 13.9. The van der Waals surface area contributed by atoms with Crippen molar-refractivity contribution in [2.45, 2.75) is 19.8 Å². The van der Waals surface area contributed by atoms with Gasteiger partial charge in [0.2, 0.25) is 5.78 Å². The summed E-state index contributed by atoms with van der Waals surface area (Å²) in [6.45, 7) is 4.27. The van der Waals surface area contributed by atoms with Gasteiger partial charge in [-0.3, -0.25) is 4.79 Å². The van der Waals surface area contributed by atoms with E-state index in [4.69, 9.17) is 5.73 Å². The number of aromatic nitrogens is 1. The van der Waals surface area contributed by atoms with Gasteiger partial charge >= 0.3 is 0 Å². The number of carbonyl (C=O) groups is 1. The van der Waals surface area contributed by atoms with Gasteiger partial charge in [0.15, 0.2) is 5.13 Å². The molecule has 0 saturated heterocycles. The number of nitrogens with two attached hydrogens (primary N) is 1. The molecule has 128 valence electrons. The Hall–Kier alpha value is -2.73. The van der Waals surface area contributed by atoms with Crippen molar-refractivity contribution >= 4 is 33.8 Å². The van der Waals surface area contributed by atoms with Crippen molar-refractivity contribution in [2.24, 2.45) is 0 Å². The number of hydrogen-bond acceptors (Lipinski definition) is 5. The molecule has 3 N–H and O–H groups in total. The molecule has 3 rings (SSSR count). The highest BCUT2D eigenvalue weighted by molar-refractivity contribution is 7.18. The number of anilines is 3. The fraction of sp³-hybridized carbons (Fsp3) is 0.158. The number of carbonyl (C=O) groups excluding carboxylic acids is 1. The van der Waals surface area contributed by atoms with Crippen LogP contribution < -0.4 is 11.1 Å². The monoisotopic (exact) mass is 355 g/mol. The van der Waals surface area contributed by atoms with Crippen LogP contribution >= 0.6 is 11.3 Å². The highest BCUT2D eigenvalue weighted by Gasteiger charge is 2.18. The zero-order chi connectivity index (χ0) is 18.0. The lowest BCUT2D eigenvalue weighted by Gasteiger charge is -2.07. The first-order valence-corrected chi connectivity index (χ1v) is 8.69. The van der Waals surface area contributed by atoms with Crippen LogP contribution in [0.25, 0.3) is 0 Å². The van der Waals surface area contributed by atoms with Crippen molar-refractivity contribution in [2.75, 3.05) is 11.1 Å². The van der Waals surface area contributed by atoms with Gasteiger partial charge in [0.25, 0.3) is 0 Å². The number of benzene rings is 2. The maximum atomic E-state index is 13.0. The van der Waals surface area contributed by atoms with E-state index < -0.39 is 0 Å². The van der Waals surface area contributed by atoms with Crippen LogP contribution in [0.15, 0.2) is 48.5 Å². The fourth-order valence-corrected chi connectivity index (χ4v) is 3.22. The first-order valence-electron chi connectivity index (χ1n) is 7.87. The van der Waals surface area contributed by atoms with Crippen molar-refractivity contribution in [1.82, 2.24) is 4.98 Å². The molecular formula is C19H18FN3OS. The van der Waals surface area contributed by atoms with Crippen molar-refractivity contribution in [3.63, 3.8) is 0 Å². The number of rotatable bonds is 5. The van der Waals surface area contributed by atoms with E-state index in [-0.39, 0.29) is 17.4 Å². The SMILES string of the molecule is CC(C)c1ccc(Nc2nc(N)c(C(=O)c3ccc(F)cc3)s2)cc1. The average Bonchev–Trinajstić information content (AvgIpc) is 2.95. The minimum atomic E-state index is -0.388. The molecule has 0 bridgehead atoms. The number of halogens is 1. The lowest BCUT2D eigenvalue weighted by molar-refractivity contribution is 0.104. The summed E-state index contributed by atoms with van der Waals surface area (Å²) in [5.41, 5.74) is 8.39. The van der Waals surface area contributed by atoms with Gasteiger partial charge < -0.3 is 11.1 Å². The van der Waals surface area contributed by atoms with Crippen LogP contribution in [0, 0.1) is 5.82 Å². The molecule has 0 spiro atoms. The van der Waals surface area contributed by atoms with Gasteiger partial charge in [0.05, 0.1) is 0 Å². The van der Waals surface area contributed by atoms with Crippen molar-refractivity contribution in [3.8, 4) is 0 Å². The quantitative estimate of drug-likeness (QED) is 0.635. The molecule has 0 saturated carbocycles. The zero-order valence-corrected chi connectivity index (χ0v) is 14.7. The summed E-state index contributed by atoms with van der Waals surface area (Å²) in [7, 11) is 0. The Morgan fingerprint density at radius 1 is 1.12 bits per heavy atom. The molecule has 0 aliphatic carbocycles. The molecule has 4 nitrogen and oxygen atoms in total. The standard InChI is InChI=1S/C19H18FN3OS/c1-11(2)12-5-9-15(10-6-12)22-19-23-18(21)17(25-19)16(24)13-3-7-14(20)8-4-13/h3-11H,21H2,1-2H3,(H,22,23). The van der Waals surface area contributed by atoms with Crippen LogP contribution in [0.2, 0.25) is 0 Å². The van der Waals surface area contributed by atoms with Crippen LogP contribution in [-0.4, -0.2) is 10.8 Å². The van der Waals surface area contributed by atoms with Crippen LogP contribution in [0.3, 0.4) is 0 Å². The second-order valence-corrected chi connectivity index (χ2v) is 6.97. The van der Waals surface area contributed by atoms with E-state index in [9.17, 15) is 9.18 Å². The Labute approximate surface area is 149 Å². The van der Waals surface area contributed by atoms with Crippen LogP contribution in [0.5, 0.6) is 0 Å². The van der Waals surface area contributed by atoms with E-state index in [2.05, 4.69) is 36.3 Å². The highest BCUT2D eigenvalue weighted by Crippen LogP contribution is 2.30. The first-order chi connectivity index (χ1) is 11.9. The van der Waals surface area contributed by atoms with Gasteiger partial charge in [-0.25, -0.2) is 9.37 Å². The molecule has 3 aromatic rings. The second-order valence-electron chi connectivity index (χ2n) is 5.97. The molecule has 0 aliphatic rings. The van der Waals surface area contributed by atoms with Gasteiger partial charge in [0.1, 0.15) is 16.5 Å². The number of ketones is 1.